The summed E-state index contributed by atoms with van der Waals surface area (Å²) in [5.41, 5.74) is 2.90. The Kier molecular flexibility index (Phi) is 8.23. The minimum absolute atomic E-state index is 0.157. The van der Waals surface area contributed by atoms with E-state index in [0.29, 0.717) is 38.3 Å². The SMILES string of the molecule is O=C(CCc1ccccc1)N1CCc2onc(COc3cccnc3)c2C1.O=C(O)C(F)(F)F. The van der Waals surface area contributed by atoms with Crippen molar-refractivity contribution in [2.45, 2.75) is 38.6 Å². The molecule has 4 rings (SSSR count). The van der Waals surface area contributed by atoms with E-state index in [9.17, 15) is 18.0 Å². The molecule has 180 valence electrons. The van der Waals surface area contributed by atoms with Crippen LogP contribution in [0.3, 0.4) is 0 Å². The molecule has 8 nitrogen and oxygen atoms in total. The highest BCUT2D eigenvalue weighted by molar-refractivity contribution is 5.76. The minimum atomic E-state index is -5.08. The Morgan fingerprint density at radius 1 is 1.15 bits per heavy atom. The first-order chi connectivity index (χ1) is 16.2. The number of halogens is 3. The second kappa shape index (κ2) is 11.3. The lowest BCUT2D eigenvalue weighted by Gasteiger charge is -2.26. The van der Waals surface area contributed by atoms with Gasteiger partial charge in [-0.3, -0.25) is 9.78 Å². The summed E-state index contributed by atoms with van der Waals surface area (Å²) in [6.07, 6.45) is 0.220. The van der Waals surface area contributed by atoms with Crippen LogP contribution in [0.1, 0.15) is 29.0 Å². The average molecular weight is 477 g/mol. The maximum atomic E-state index is 12.6. The van der Waals surface area contributed by atoms with Gasteiger partial charge in [-0.15, -0.1) is 0 Å². The fourth-order valence-electron chi connectivity index (χ4n) is 3.23. The van der Waals surface area contributed by atoms with Crippen LogP contribution in [0, 0.1) is 0 Å². The first-order valence-corrected chi connectivity index (χ1v) is 10.3. The number of alkyl halides is 3. The lowest BCUT2D eigenvalue weighted by atomic mass is 10.0. The van der Waals surface area contributed by atoms with Gasteiger partial charge in [-0.05, 0) is 24.1 Å². The summed E-state index contributed by atoms with van der Waals surface area (Å²) in [5, 5.41) is 11.3. The fraction of sp³-hybridized carbons (Fsp3) is 0.304. The van der Waals surface area contributed by atoms with Gasteiger partial charge in [-0.1, -0.05) is 35.5 Å². The molecule has 1 N–H and O–H groups in total. The first kappa shape index (κ1) is 24.7. The number of hydrogen-bond acceptors (Lipinski definition) is 6. The van der Waals surface area contributed by atoms with Gasteiger partial charge in [-0.2, -0.15) is 13.2 Å². The molecule has 0 aliphatic carbocycles. The summed E-state index contributed by atoms with van der Waals surface area (Å²) in [7, 11) is 0. The van der Waals surface area contributed by atoms with Crippen LogP contribution in [-0.2, 0) is 35.6 Å². The number of aromatic nitrogens is 2. The zero-order chi connectivity index (χ0) is 24.6. The van der Waals surface area contributed by atoms with E-state index in [-0.39, 0.29) is 5.91 Å². The smallest absolute Gasteiger partial charge is 0.486 e. The number of aryl methyl sites for hydroxylation is 1. The Labute approximate surface area is 193 Å². The number of fused-ring (bicyclic) bond motifs is 1. The summed E-state index contributed by atoms with van der Waals surface area (Å²) in [5.74, 6) is -1.06. The topological polar surface area (TPSA) is 106 Å². The highest BCUT2D eigenvalue weighted by atomic mass is 19.4. The number of hydrogen-bond donors (Lipinski definition) is 1. The molecular weight excluding hydrogens is 455 g/mol. The number of carboxylic acids is 1. The van der Waals surface area contributed by atoms with Crippen molar-refractivity contribution in [3.05, 3.63) is 77.4 Å². The van der Waals surface area contributed by atoms with Gasteiger partial charge in [0.05, 0.1) is 12.7 Å². The van der Waals surface area contributed by atoms with Crippen molar-refractivity contribution in [3.63, 3.8) is 0 Å². The third-order valence-electron chi connectivity index (χ3n) is 4.98. The van der Waals surface area contributed by atoms with Crippen LogP contribution in [-0.4, -0.2) is 44.7 Å². The van der Waals surface area contributed by atoms with Crippen molar-refractivity contribution in [1.29, 1.82) is 0 Å². The van der Waals surface area contributed by atoms with Crippen molar-refractivity contribution in [2.24, 2.45) is 0 Å². The van der Waals surface area contributed by atoms with Gasteiger partial charge in [0, 0.05) is 31.1 Å². The molecule has 2 aromatic heterocycles. The summed E-state index contributed by atoms with van der Waals surface area (Å²) in [4.78, 5) is 27.4. The highest BCUT2D eigenvalue weighted by Crippen LogP contribution is 2.24. The van der Waals surface area contributed by atoms with Crippen LogP contribution in [0.25, 0.3) is 0 Å². The predicted octanol–water partition coefficient (Wildman–Crippen LogP) is 3.80. The van der Waals surface area contributed by atoms with Gasteiger partial charge < -0.3 is 19.3 Å². The molecule has 1 amide bonds. The number of nitrogens with zero attached hydrogens (tertiary/aromatic N) is 3. The molecule has 1 aliphatic rings. The summed E-state index contributed by atoms with van der Waals surface area (Å²) >= 11 is 0. The van der Waals surface area contributed by atoms with Crippen LogP contribution in [0.5, 0.6) is 5.75 Å². The maximum Gasteiger partial charge on any atom is 0.490 e. The zero-order valence-electron chi connectivity index (χ0n) is 18.0. The molecule has 0 saturated heterocycles. The Morgan fingerprint density at radius 2 is 1.88 bits per heavy atom. The Morgan fingerprint density at radius 3 is 2.53 bits per heavy atom. The van der Waals surface area contributed by atoms with Crippen LogP contribution >= 0.6 is 0 Å². The first-order valence-electron chi connectivity index (χ1n) is 10.3. The Hall–Kier alpha value is -3.89. The molecule has 1 aromatic carbocycles. The number of benzene rings is 1. The summed E-state index contributed by atoms with van der Waals surface area (Å²) in [6, 6.07) is 13.8. The number of rotatable bonds is 6. The van der Waals surface area contributed by atoms with Gasteiger partial charge in [-0.25, -0.2) is 4.79 Å². The van der Waals surface area contributed by atoms with Crippen molar-refractivity contribution in [3.8, 4) is 5.75 Å². The molecular formula is C23H22F3N3O5. The summed E-state index contributed by atoms with van der Waals surface area (Å²) in [6.45, 7) is 1.49. The lowest BCUT2D eigenvalue weighted by molar-refractivity contribution is -0.192. The quantitative estimate of drug-likeness (QED) is 0.576. The molecule has 0 unspecified atom stereocenters. The van der Waals surface area contributed by atoms with Crippen LogP contribution < -0.4 is 4.74 Å². The van der Waals surface area contributed by atoms with Crippen molar-refractivity contribution < 1.29 is 37.1 Å². The van der Waals surface area contributed by atoms with E-state index in [4.69, 9.17) is 19.2 Å². The van der Waals surface area contributed by atoms with Gasteiger partial charge in [0.1, 0.15) is 23.8 Å². The van der Waals surface area contributed by atoms with Crippen molar-refractivity contribution in [1.82, 2.24) is 15.0 Å². The van der Waals surface area contributed by atoms with E-state index in [1.54, 1.807) is 12.4 Å². The van der Waals surface area contributed by atoms with E-state index in [2.05, 4.69) is 22.3 Å². The number of amides is 1. The van der Waals surface area contributed by atoms with Crippen molar-refractivity contribution in [2.75, 3.05) is 6.54 Å². The zero-order valence-corrected chi connectivity index (χ0v) is 18.0. The maximum absolute atomic E-state index is 12.6. The number of carboxylic acid groups (broad SMARTS) is 1. The molecule has 0 spiro atoms. The standard InChI is InChI=1S/C21H21N3O3.C2HF3O2/c25-21(9-8-16-5-2-1-3-6-16)24-12-10-20-18(14-24)19(23-27-20)15-26-17-7-4-11-22-13-17;3-2(4,5)1(6)7/h1-7,11,13H,8-10,12,14-15H2;(H,6,7). The molecule has 11 heteroatoms. The monoisotopic (exact) mass is 477 g/mol. The molecule has 0 atom stereocenters. The molecule has 34 heavy (non-hydrogen) atoms. The number of carbonyl (C=O) groups is 2. The van der Waals surface area contributed by atoms with Gasteiger partial charge in [0.15, 0.2) is 0 Å². The van der Waals surface area contributed by atoms with Gasteiger partial charge in [0.25, 0.3) is 0 Å². The second-order valence-electron chi connectivity index (χ2n) is 7.36. The van der Waals surface area contributed by atoms with Gasteiger partial charge in [0.2, 0.25) is 5.91 Å². The minimum Gasteiger partial charge on any atom is -0.486 e. The normalized spacial score (nSPS) is 12.9. The van der Waals surface area contributed by atoms with E-state index < -0.39 is 12.1 Å². The highest BCUT2D eigenvalue weighted by Gasteiger charge is 2.38. The fourth-order valence-corrected chi connectivity index (χ4v) is 3.23. The van der Waals surface area contributed by atoms with Crippen LogP contribution in [0.4, 0.5) is 13.2 Å². The molecule has 0 fully saturated rings. The van der Waals surface area contributed by atoms with E-state index in [0.717, 1.165) is 23.4 Å². The largest absolute Gasteiger partial charge is 0.490 e. The Balaban J connectivity index is 0.000000406. The van der Waals surface area contributed by atoms with Crippen LogP contribution in [0.2, 0.25) is 0 Å². The third kappa shape index (κ3) is 7.06. The van der Waals surface area contributed by atoms with Crippen molar-refractivity contribution >= 4 is 11.9 Å². The molecule has 0 saturated carbocycles. The number of ether oxygens (including phenoxy) is 1. The van der Waals surface area contributed by atoms with E-state index in [1.807, 2.05) is 35.2 Å². The van der Waals surface area contributed by atoms with Gasteiger partial charge >= 0.3 is 12.1 Å². The van der Waals surface area contributed by atoms with Crippen LogP contribution in [0.15, 0.2) is 59.4 Å². The average Bonchev–Trinajstić information content (AvgIpc) is 3.24. The van der Waals surface area contributed by atoms with E-state index >= 15 is 0 Å². The predicted molar refractivity (Wildman–Crippen MR) is 113 cm³/mol. The Bertz CT molecular complexity index is 1090. The molecule has 1 aliphatic heterocycles. The molecule has 3 aromatic rings. The number of pyridine rings is 1. The molecule has 0 radical (unpaired) electrons. The van der Waals surface area contributed by atoms with E-state index in [1.165, 1.54) is 5.56 Å². The molecule has 0 bridgehead atoms. The second-order valence-corrected chi connectivity index (χ2v) is 7.36. The lowest BCUT2D eigenvalue weighted by Crippen LogP contribution is -2.36. The summed E-state index contributed by atoms with van der Waals surface area (Å²) < 4.78 is 42.9. The number of carbonyl (C=O) groups excluding carboxylic acids is 1. The number of aliphatic carboxylic acids is 1. The third-order valence-corrected chi connectivity index (χ3v) is 4.98. The molecule has 3 heterocycles.